The summed E-state index contributed by atoms with van der Waals surface area (Å²) in [6, 6.07) is -1.06. The predicted octanol–water partition coefficient (Wildman–Crippen LogP) is -1.18. The summed E-state index contributed by atoms with van der Waals surface area (Å²) in [4.78, 5) is 36.9. The van der Waals surface area contributed by atoms with E-state index in [1.54, 1.807) is 7.05 Å². The Labute approximate surface area is 119 Å². The number of amides is 3. The second-order valence-corrected chi connectivity index (χ2v) is 5.35. The molecule has 0 saturated carbocycles. The van der Waals surface area contributed by atoms with Crippen LogP contribution in [0.15, 0.2) is 0 Å². The van der Waals surface area contributed by atoms with Gasteiger partial charge in [0.1, 0.15) is 6.04 Å². The van der Waals surface area contributed by atoms with Gasteiger partial charge in [-0.25, -0.2) is 0 Å². The van der Waals surface area contributed by atoms with E-state index in [1.807, 2.05) is 13.8 Å². The van der Waals surface area contributed by atoms with Crippen molar-refractivity contribution in [3.8, 4) is 0 Å². The summed E-state index contributed by atoms with van der Waals surface area (Å²) in [6.45, 7) is 4.11. The Kier molecular flexibility index (Phi) is 5.94. The normalized spacial score (nSPS) is 19.9. The Hall–Kier alpha value is -1.63. The topological polar surface area (TPSA) is 105 Å². The highest BCUT2D eigenvalue weighted by Gasteiger charge is 2.33. The minimum absolute atomic E-state index is 0.00973. The van der Waals surface area contributed by atoms with E-state index in [-0.39, 0.29) is 30.2 Å². The van der Waals surface area contributed by atoms with Crippen molar-refractivity contribution in [3.05, 3.63) is 0 Å². The summed E-state index contributed by atoms with van der Waals surface area (Å²) in [7, 11) is 1.55. The molecule has 3 amide bonds. The molecule has 2 atom stereocenters. The minimum Gasteiger partial charge on any atom is -0.357 e. The lowest BCUT2D eigenvalue weighted by Gasteiger charge is -2.24. The van der Waals surface area contributed by atoms with E-state index in [9.17, 15) is 14.4 Å². The van der Waals surface area contributed by atoms with Gasteiger partial charge in [0.15, 0.2) is 0 Å². The smallest absolute Gasteiger partial charge is 0.242 e. The van der Waals surface area contributed by atoms with Crippen LogP contribution in [0, 0.1) is 5.92 Å². The first kappa shape index (κ1) is 16.4. The first-order chi connectivity index (χ1) is 9.38. The molecule has 0 bridgehead atoms. The second kappa shape index (κ2) is 7.23. The fourth-order valence-corrected chi connectivity index (χ4v) is 2.19. The van der Waals surface area contributed by atoms with Crippen molar-refractivity contribution in [1.82, 2.24) is 15.5 Å². The Bertz CT molecular complexity index is 384. The molecule has 0 spiro atoms. The maximum absolute atomic E-state index is 12.1. The summed E-state index contributed by atoms with van der Waals surface area (Å²) in [5.74, 6) is -0.749. The zero-order chi connectivity index (χ0) is 15.3. The molecule has 1 aliphatic heterocycles. The maximum Gasteiger partial charge on any atom is 0.242 e. The van der Waals surface area contributed by atoms with E-state index in [0.29, 0.717) is 13.0 Å². The fraction of sp³-hybridized carbons (Fsp3) is 0.769. The Morgan fingerprint density at radius 2 is 2.00 bits per heavy atom. The number of carbonyl (C=O) groups excluding carboxylic acids is 3. The SMILES string of the molecule is CNC(=O)C1CCCN1C(=O)CNC(=O)[C@@H](N)C(C)C. The lowest BCUT2D eigenvalue weighted by atomic mass is 10.1. The number of carbonyl (C=O) groups is 3. The molecule has 0 aromatic heterocycles. The van der Waals surface area contributed by atoms with Gasteiger partial charge in [-0.2, -0.15) is 0 Å². The first-order valence-corrected chi connectivity index (χ1v) is 6.92. The predicted molar refractivity (Wildman–Crippen MR) is 74.6 cm³/mol. The van der Waals surface area contributed by atoms with E-state index >= 15 is 0 Å². The molecule has 1 saturated heterocycles. The van der Waals surface area contributed by atoms with Crippen molar-refractivity contribution in [2.24, 2.45) is 11.7 Å². The molecule has 0 radical (unpaired) electrons. The molecule has 1 rings (SSSR count). The van der Waals surface area contributed by atoms with Crippen LogP contribution in [0.2, 0.25) is 0 Å². The van der Waals surface area contributed by atoms with Crippen LogP contribution in [0.4, 0.5) is 0 Å². The molecule has 7 nitrogen and oxygen atoms in total. The van der Waals surface area contributed by atoms with E-state index in [1.165, 1.54) is 4.90 Å². The van der Waals surface area contributed by atoms with Gasteiger partial charge in [0.25, 0.3) is 0 Å². The molecule has 114 valence electrons. The summed E-state index contributed by atoms with van der Waals surface area (Å²) >= 11 is 0. The highest BCUT2D eigenvalue weighted by molar-refractivity contribution is 5.91. The highest BCUT2D eigenvalue weighted by atomic mass is 16.2. The van der Waals surface area contributed by atoms with E-state index in [2.05, 4.69) is 10.6 Å². The van der Waals surface area contributed by atoms with E-state index < -0.39 is 12.1 Å². The lowest BCUT2D eigenvalue weighted by molar-refractivity contribution is -0.138. The van der Waals surface area contributed by atoms with Gasteiger partial charge in [0, 0.05) is 13.6 Å². The summed E-state index contributed by atoms with van der Waals surface area (Å²) in [6.07, 6.45) is 1.45. The number of hydrogen-bond acceptors (Lipinski definition) is 4. The van der Waals surface area contributed by atoms with Gasteiger partial charge in [-0.1, -0.05) is 13.8 Å². The van der Waals surface area contributed by atoms with E-state index in [0.717, 1.165) is 6.42 Å². The van der Waals surface area contributed by atoms with Gasteiger partial charge in [0.05, 0.1) is 12.6 Å². The standard InChI is InChI=1S/C13H24N4O3/c1-8(2)11(14)13(20)16-7-10(18)17-6-4-5-9(17)12(19)15-3/h8-9,11H,4-7,14H2,1-3H3,(H,15,19)(H,16,20)/t9?,11-/m0/s1. The van der Waals surface area contributed by atoms with Crippen LogP contribution in [-0.4, -0.2) is 54.8 Å². The third-order valence-electron chi connectivity index (χ3n) is 3.56. The Morgan fingerprint density at radius 3 is 2.55 bits per heavy atom. The van der Waals surface area contributed by atoms with E-state index in [4.69, 9.17) is 5.73 Å². The van der Waals surface area contributed by atoms with Crippen LogP contribution in [0.1, 0.15) is 26.7 Å². The van der Waals surface area contributed by atoms with Crippen molar-refractivity contribution in [2.45, 2.75) is 38.8 Å². The number of rotatable bonds is 5. The third-order valence-corrected chi connectivity index (χ3v) is 3.56. The largest absolute Gasteiger partial charge is 0.357 e. The molecular weight excluding hydrogens is 260 g/mol. The van der Waals surface area contributed by atoms with Crippen molar-refractivity contribution >= 4 is 17.7 Å². The third kappa shape index (κ3) is 3.93. The molecule has 4 N–H and O–H groups in total. The maximum atomic E-state index is 12.1. The highest BCUT2D eigenvalue weighted by Crippen LogP contribution is 2.17. The van der Waals surface area contributed by atoms with Gasteiger partial charge in [0.2, 0.25) is 17.7 Å². The number of likely N-dealkylation sites (N-methyl/N-ethyl adjacent to an activating group) is 1. The number of likely N-dealkylation sites (tertiary alicyclic amines) is 1. The van der Waals surface area contributed by atoms with Gasteiger partial charge >= 0.3 is 0 Å². The molecule has 1 heterocycles. The monoisotopic (exact) mass is 284 g/mol. The number of nitrogens with two attached hydrogens (primary N) is 1. The van der Waals surface area contributed by atoms with Gasteiger partial charge < -0.3 is 21.3 Å². The van der Waals surface area contributed by atoms with Gasteiger partial charge in [-0.15, -0.1) is 0 Å². The molecule has 0 aliphatic carbocycles. The molecule has 7 heteroatoms. The Morgan fingerprint density at radius 1 is 1.35 bits per heavy atom. The molecule has 0 aromatic rings. The summed E-state index contributed by atoms with van der Waals surface area (Å²) in [5, 5.41) is 5.08. The molecule has 1 unspecified atom stereocenters. The summed E-state index contributed by atoms with van der Waals surface area (Å²) in [5.41, 5.74) is 5.70. The Balaban J connectivity index is 2.50. The number of nitrogens with zero attached hydrogens (tertiary/aromatic N) is 1. The quantitative estimate of drug-likeness (QED) is 0.591. The number of hydrogen-bond donors (Lipinski definition) is 3. The first-order valence-electron chi connectivity index (χ1n) is 6.92. The summed E-state index contributed by atoms with van der Waals surface area (Å²) < 4.78 is 0. The fourth-order valence-electron chi connectivity index (χ4n) is 2.19. The molecule has 20 heavy (non-hydrogen) atoms. The molecule has 0 aromatic carbocycles. The van der Waals surface area contributed by atoms with Gasteiger partial charge in [-0.3, -0.25) is 14.4 Å². The zero-order valence-electron chi connectivity index (χ0n) is 12.3. The van der Waals surface area contributed by atoms with Crippen molar-refractivity contribution < 1.29 is 14.4 Å². The second-order valence-electron chi connectivity index (χ2n) is 5.35. The molecule has 1 fully saturated rings. The van der Waals surface area contributed by atoms with Crippen molar-refractivity contribution in [3.63, 3.8) is 0 Å². The van der Waals surface area contributed by atoms with Crippen LogP contribution >= 0.6 is 0 Å². The number of nitrogens with one attached hydrogen (secondary N) is 2. The molecule has 1 aliphatic rings. The van der Waals surface area contributed by atoms with Crippen LogP contribution in [-0.2, 0) is 14.4 Å². The minimum atomic E-state index is -0.629. The van der Waals surface area contributed by atoms with Crippen LogP contribution in [0.25, 0.3) is 0 Å². The average molecular weight is 284 g/mol. The zero-order valence-corrected chi connectivity index (χ0v) is 12.3. The average Bonchev–Trinajstić information content (AvgIpc) is 2.91. The van der Waals surface area contributed by atoms with Crippen LogP contribution in [0.5, 0.6) is 0 Å². The van der Waals surface area contributed by atoms with Crippen LogP contribution < -0.4 is 16.4 Å². The van der Waals surface area contributed by atoms with Crippen molar-refractivity contribution in [1.29, 1.82) is 0 Å². The van der Waals surface area contributed by atoms with Crippen molar-refractivity contribution in [2.75, 3.05) is 20.1 Å². The molecular formula is C13H24N4O3. The van der Waals surface area contributed by atoms with Crippen LogP contribution in [0.3, 0.4) is 0 Å². The lowest BCUT2D eigenvalue weighted by Crippen LogP contribution is -2.51. The van der Waals surface area contributed by atoms with Gasteiger partial charge in [-0.05, 0) is 18.8 Å².